The Balaban J connectivity index is 2.03. The third-order valence-electron chi connectivity index (χ3n) is 14.8. The highest BCUT2D eigenvalue weighted by Gasteiger charge is 2.52. The molecule has 2 aliphatic heterocycles. The van der Waals surface area contributed by atoms with Gasteiger partial charge in [0.2, 0.25) is 15.8 Å². The van der Waals surface area contributed by atoms with E-state index in [0.717, 1.165) is 11.3 Å². The molecule has 6 unspecified atom stereocenters. The number of ether oxygens (including phenoxy) is 7. The monoisotopic (exact) mass is 1070 g/mol. The molecule has 1 saturated carbocycles. The number of aliphatic hydroxyl groups is 3. The zero-order chi connectivity index (χ0) is 55.3. The summed E-state index contributed by atoms with van der Waals surface area (Å²) in [6.07, 6.45) is 9.27. The van der Waals surface area contributed by atoms with Crippen LogP contribution in [-0.2, 0) is 67.2 Å². The van der Waals surface area contributed by atoms with Gasteiger partial charge in [-0.2, -0.15) is 0 Å². The van der Waals surface area contributed by atoms with E-state index in [9.17, 15) is 47.7 Å². The number of nitrogens with one attached hydrogen (secondary N) is 1. The number of aliphatic hydroxyl groups excluding tert-OH is 2. The number of methoxy groups -OCH3 is 3. The van der Waals surface area contributed by atoms with Crippen LogP contribution in [0.2, 0.25) is 0 Å². The van der Waals surface area contributed by atoms with E-state index < -0.39 is 93.6 Å². The number of fused-ring (bicyclic) bond motifs is 2. The first-order chi connectivity index (χ1) is 34.9. The van der Waals surface area contributed by atoms with E-state index >= 15 is 0 Å². The molecule has 74 heavy (non-hydrogen) atoms. The Bertz CT molecular complexity index is 2060. The van der Waals surface area contributed by atoms with Crippen LogP contribution in [-0.4, -0.2) is 180 Å². The Hall–Kier alpha value is -3.54. The maximum Gasteiger partial charge on any atom is 0.328 e. The van der Waals surface area contributed by atoms with Crippen molar-refractivity contribution in [3.8, 4) is 0 Å². The Morgan fingerprint density at radius 2 is 1.59 bits per heavy atom. The van der Waals surface area contributed by atoms with Gasteiger partial charge in [-0.05, 0) is 96.0 Å². The van der Waals surface area contributed by atoms with E-state index in [1.165, 1.54) is 28.2 Å². The largest absolute Gasteiger partial charge is 0.460 e. The van der Waals surface area contributed by atoms with Gasteiger partial charge < -0.3 is 53.4 Å². The fourth-order valence-corrected chi connectivity index (χ4v) is 10.9. The molecule has 0 aromatic heterocycles. The number of rotatable bonds is 16. The molecule has 2 heterocycles. The highest BCUT2D eigenvalue weighted by atomic mass is 32.2. The van der Waals surface area contributed by atoms with Gasteiger partial charge in [-0.3, -0.25) is 19.2 Å². The van der Waals surface area contributed by atoms with Crippen molar-refractivity contribution in [1.82, 2.24) is 9.62 Å². The molecular weight excluding hydrogens is 981 g/mol. The summed E-state index contributed by atoms with van der Waals surface area (Å²) in [4.78, 5) is 71.0. The van der Waals surface area contributed by atoms with Crippen LogP contribution < -0.4 is 4.72 Å². The molecule has 3 rings (SSSR count). The van der Waals surface area contributed by atoms with Gasteiger partial charge in [0.05, 0.1) is 57.1 Å². The van der Waals surface area contributed by atoms with Crippen LogP contribution in [0, 0.1) is 29.6 Å². The summed E-state index contributed by atoms with van der Waals surface area (Å²) in [5, 5.41) is 32.7. The lowest BCUT2D eigenvalue weighted by atomic mass is 9.78. The standard InChI is InChI=1S/C54H88N2O17S/c1-34-17-15-13-12-14-16-18-35(2)48(59)50(69-11)49(60)38(5)29-36(3)44(58)33-46(37(4)30-41-20-22-45(71-24-23-57)47(31-41)68-10)72-53(63)40(7)56(8)52(62)51(61)54(64)39(6)19-21-42(73-54)32-43(34)55-74(65,66)28-27-70-26-25-67-9/h12-15,17,29,35-37,39-43,45-47,49-50,55,57,60,64H,16,18-28,30-33H2,1-11H3/b14-12+,15-13+,34-17+,38-29+/t35?,36?,37-,39+,40?,41+,42-,43-,45-,46?,47-,49?,50?,54+/m1/s1. The van der Waals surface area contributed by atoms with Crippen LogP contribution in [0.15, 0.2) is 47.6 Å². The number of cyclic esters (lactones) is 1. The summed E-state index contributed by atoms with van der Waals surface area (Å²) in [6.45, 7) is 12.0. The van der Waals surface area contributed by atoms with Crippen molar-refractivity contribution in [3.63, 3.8) is 0 Å². The summed E-state index contributed by atoms with van der Waals surface area (Å²) < 4.78 is 69.3. The molecule has 14 atom stereocenters. The lowest BCUT2D eigenvalue weighted by molar-refractivity contribution is -0.263. The predicted octanol–water partition coefficient (Wildman–Crippen LogP) is 4.35. The van der Waals surface area contributed by atoms with Gasteiger partial charge in [-0.1, -0.05) is 69.7 Å². The van der Waals surface area contributed by atoms with Crippen molar-refractivity contribution >= 4 is 39.2 Å². The second kappa shape index (κ2) is 31.6. The number of carbonyl (C=O) groups excluding carboxylic acids is 5. The van der Waals surface area contributed by atoms with Crippen molar-refractivity contribution in [1.29, 1.82) is 0 Å². The van der Waals surface area contributed by atoms with E-state index in [-0.39, 0.29) is 87.7 Å². The molecule has 2 bridgehead atoms. The zero-order valence-electron chi connectivity index (χ0n) is 45.7. The fraction of sp³-hybridized carbons (Fsp3) is 0.759. The zero-order valence-corrected chi connectivity index (χ0v) is 46.5. The number of amides is 1. The van der Waals surface area contributed by atoms with Crippen LogP contribution in [0.3, 0.4) is 0 Å². The molecule has 20 heteroatoms. The number of likely N-dealkylation sites (N-methyl/N-ethyl adjacent to an activating group) is 1. The number of sulfonamides is 1. The predicted molar refractivity (Wildman–Crippen MR) is 277 cm³/mol. The highest BCUT2D eigenvalue weighted by molar-refractivity contribution is 7.89. The molecule has 1 amide bonds. The van der Waals surface area contributed by atoms with E-state index in [1.54, 1.807) is 72.1 Å². The van der Waals surface area contributed by atoms with Crippen LogP contribution in [0.4, 0.5) is 0 Å². The van der Waals surface area contributed by atoms with Crippen molar-refractivity contribution in [2.75, 3.05) is 67.2 Å². The summed E-state index contributed by atoms with van der Waals surface area (Å²) in [5.41, 5.74) is 0.919. The molecule has 0 aromatic rings. The number of hydrogen-bond acceptors (Lipinski definition) is 17. The first-order valence-corrected chi connectivity index (χ1v) is 27.8. The number of nitrogens with zero attached hydrogens (tertiary/aromatic N) is 1. The van der Waals surface area contributed by atoms with Crippen LogP contribution in [0.1, 0.15) is 113 Å². The summed E-state index contributed by atoms with van der Waals surface area (Å²) in [6, 6.07) is -2.26. The second-order valence-corrected chi connectivity index (χ2v) is 22.4. The minimum Gasteiger partial charge on any atom is -0.460 e. The topological polar surface area (TPSA) is 260 Å². The molecule has 3 aliphatic rings. The van der Waals surface area contributed by atoms with Crippen molar-refractivity contribution in [3.05, 3.63) is 47.6 Å². The van der Waals surface area contributed by atoms with E-state index in [0.29, 0.717) is 49.7 Å². The first kappa shape index (κ1) is 64.7. The average Bonchev–Trinajstić information content (AvgIpc) is 3.36. The number of Topliss-reactive ketones (excluding diaryl/α,β-unsaturated/α-hetero) is 3. The molecule has 0 radical (unpaired) electrons. The molecule has 0 aromatic carbocycles. The van der Waals surface area contributed by atoms with Crippen LogP contribution in [0.5, 0.6) is 0 Å². The van der Waals surface area contributed by atoms with Gasteiger partial charge in [0, 0.05) is 58.6 Å². The lowest BCUT2D eigenvalue weighted by Gasteiger charge is -2.42. The Kier molecular flexibility index (Phi) is 27.7. The van der Waals surface area contributed by atoms with Gasteiger partial charge in [-0.15, -0.1) is 0 Å². The molecule has 0 spiro atoms. The maximum atomic E-state index is 14.2. The quantitative estimate of drug-likeness (QED) is 0.0725. The van der Waals surface area contributed by atoms with E-state index in [1.807, 2.05) is 13.0 Å². The Morgan fingerprint density at radius 3 is 2.26 bits per heavy atom. The second-order valence-electron chi connectivity index (χ2n) is 20.5. The van der Waals surface area contributed by atoms with Crippen molar-refractivity contribution in [2.45, 2.75) is 167 Å². The third kappa shape index (κ3) is 19.5. The Morgan fingerprint density at radius 1 is 0.878 bits per heavy atom. The molecule has 1 aliphatic carbocycles. The molecular formula is C54H88N2O17S. The number of ketones is 3. The van der Waals surface area contributed by atoms with Crippen LogP contribution >= 0.6 is 0 Å². The highest BCUT2D eigenvalue weighted by Crippen LogP contribution is 2.37. The molecule has 1 saturated heterocycles. The molecule has 2 fully saturated rings. The summed E-state index contributed by atoms with van der Waals surface area (Å²) in [5.74, 6) is -9.55. The average molecular weight is 1070 g/mol. The number of allylic oxidation sites excluding steroid dienone is 6. The number of carbonyl (C=O) groups is 5. The fourth-order valence-electron chi connectivity index (χ4n) is 9.70. The van der Waals surface area contributed by atoms with Crippen molar-refractivity contribution in [2.24, 2.45) is 29.6 Å². The SMILES string of the molecule is COCCOCCS(=O)(=O)N[C@@H]1C[C@H]2CC[C@H](C)[C@](O)(O2)C(=O)C(=O)N(C)C(C)C(=O)OC([C@H](C)C[C@@H]2CC[C@@H](OCCO)[C@H](OC)C2)CC(=O)C(C)/C=C(\C)C(O)C(OC)C(=O)C(C)CC/C=C/C=C/C=C/1C. The smallest absolute Gasteiger partial charge is 0.328 e. The number of esters is 1. The van der Waals surface area contributed by atoms with Gasteiger partial charge in [-0.25, -0.2) is 17.9 Å². The van der Waals surface area contributed by atoms with Crippen molar-refractivity contribution < 1.29 is 80.9 Å². The van der Waals surface area contributed by atoms with E-state index in [2.05, 4.69) is 4.72 Å². The summed E-state index contributed by atoms with van der Waals surface area (Å²) >= 11 is 0. The van der Waals surface area contributed by atoms with Gasteiger partial charge in [0.15, 0.2) is 5.78 Å². The van der Waals surface area contributed by atoms with Gasteiger partial charge >= 0.3 is 5.97 Å². The normalized spacial score (nSPS) is 35.3. The Labute approximate surface area is 439 Å². The van der Waals surface area contributed by atoms with Gasteiger partial charge in [0.25, 0.3) is 11.7 Å². The molecule has 422 valence electrons. The lowest BCUT2D eigenvalue weighted by Crippen LogP contribution is -2.59. The summed E-state index contributed by atoms with van der Waals surface area (Å²) in [7, 11) is 1.72. The van der Waals surface area contributed by atoms with E-state index in [4.69, 9.17) is 33.2 Å². The maximum absolute atomic E-state index is 14.2. The third-order valence-corrected chi connectivity index (χ3v) is 16.2. The minimum atomic E-state index is -3.95. The van der Waals surface area contributed by atoms with Gasteiger partial charge in [0.1, 0.15) is 30.1 Å². The molecule has 19 nitrogen and oxygen atoms in total. The minimum absolute atomic E-state index is 0.0229. The van der Waals surface area contributed by atoms with Crippen LogP contribution in [0.25, 0.3) is 0 Å². The molecule has 4 N–H and O–H groups in total. The number of hydrogen-bond donors (Lipinski definition) is 4. The first-order valence-electron chi connectivity index (χ1n) is 26.1.